The van der Waals surface area contributed by atoms with Crippen molar-refractivity contribution in [1.82, 2.24) is 10.1 Å². The van der Waals surface area contributed by atoms with Gasteiger partial charge in [0.2, 0.25) is 0 Å². The molecular weight excluding hydrogens is 204 g/mol. The van der Waals surface area contributed by atoms with Crippen LogP contribution in [-0.4, -0.2) is 29.3 Å². The highest BCUT2D eigenvalue weighted by molar-refractivity contribution is 5.87. The van der Waals surface area contributed by atoms with E-state index in [9.17, 15) is 0 Å². The number of fused-ring (bicyclic) bond motifs is 1. The lowest BCUT2D eigenvalue weighted by molar-refractivity contribution is 0.456. The van der Waals surface area contributed by atoms with Crippen molar-refractivity contribution < 1.29 is 4.52 Å². The first-order valence-corrected chi connectivity index (χ1v) is 5.56. The summed E-state index contributed by atoms with van der Waals surface area (Å²) in [5.41, 5.74) is 6.56. The fraction of sp³-hybridized carbons (Fsp3) is 0.455. The predicted molar refractivity (Wildman–Crippen MR) is 61.2 cm³/mol. The number of anilines is 1. The highest BCUT2D eigenvalue weighted by Gasteiger charge is 2.26. The molecule has 1 aliphatic heterocycles. The predicted octanol–water partition coefficient (Wildman–Crippen LogP) is 1.15. The smallest absolute Gasteiger partial charge is 0.172 e. The first-order chi connectivity index (χ1) is 7.90. The normalized spacial score (nSPS) is 20.8. The lowest BCUT2D eigenvalue weighted by Crippen LogP contribution is -2.35. The van der Waals surface area contributed by atoms with Crippen molar-refractivity contribution in [3.05, 3.63) is 18.5 Å². The van der Waals surface area contributed by atoms with E-state index in [1.54, 1.807) is 12.4 Å². The molecule has 0 aliphatic carbocycles. The van der Waals surface area contributed by atoms with Gasteiger partial charge in [-0.25, -0.2) is 4.98 Å². The molecule has 2 aromatic rings. The Labute approximate surface area is 93.2 Å². The minimum atomic E-state index is 0.396. The summed E-state index contributed by atoms with van der Waals surface area (Å²) in [6.07, 6.45) is 5.80. The van der Waals surface area contributed by atoms with Gasteiger partial charge in [0.05, 0.1) is 11.6 Å². The van der Waals surface area contributed by atoms with Crippen molar-refractivity contribution in [1.29, 1.82) is 0 Å². The summed E-state index contributed by atoms with van der Waals surface area (Å²) in [6, 6.07) is 2.23. The third kappa shape index (κ3) is 1.36. The Morgan fingerprint density at radius 3 is 3.38 bits per heavy atom. The summed E-state index contributed by atoms with van der Waals surface area (Å²) in [5.74, 6) is 0.951. The molecule has 2 aromatic heterocycles. The maximum absolute atomic E-state index is 5.77. The van der Waals surface area contributed by atoms with Gasteiger partial charge in [0.1, 0.15) is 5.82 Å². The molecule has 3 heterocycles. The Morgan fingerprint density at radius 1 is 1.56 bits per heavy atom. The minimum Gasteiger partial charge on any atom is -0.356 e. The summed E-state index contributed by atoms with van der Waals surface area (Å²) in [4.78, 5) is 6.69. The number of nitrogens with zero attached hydrogens (tertiary/aromatic N) is 3. The van der Waals surface area contributed by atoms with Gasteiger partial charge in [0.25, 0.3) is 0 Å². The second kappa shape index (κ2) is 3.75. The average molecular weight is 218 g/mol. The number of pyridine rings is 1. The van der Waals surface area contributed by atoms with Crippen molar-refractivity contribution in [2.45, 2.75) is 18.9 Å². The van der Waals surface area contributed by atoms with E-state index in [0.717, 1.165) is 29.8 Å². The molecule has 0 saturated carbocycles. The van der Waals surface area contributed by atoms with Crippen LogP contribution >= 0.6 is 0 Å². The highest BCUT2D eigenvalue weighted by Crippen LogP contribution is 2.29. The average Bonchev–Trinajstić information content (AvgIpc) is 2.96. The van der Waals surface area contributed by atoms with Crippen molar-refractivity contribution in [3.63, 3.8) is 0 Å². The summed E-state index contributed by atoms with van der Waals surface area (Å²) < 4.78 is 5.14. The zero-order chi connectivity index (χ0) is 11.0. The summed E-state index contributed by atoms with van der Waals surface area (Å²) in [5, 5.41) is 4.79. The third-order valence-corrected chi connectivity index (χ3v) is 3.18. The van der Waals surface area contributed by atoms with Gasteiger partial charge in [-0.2, -0.15) is 0 Å². The van der Waals surface area contributed by atoms with E-state index in [4.69, 9.17) is 10.3 Å². The molecule has 3 rings (SSSR count). The van der Waals surface area contributed by atoms with Crippen LogP contribution in [0.1, 0.15) is 12.8 Å². The lowest BCUT2D eigenvalue weighted by Gasteiger charge is -2.24. The second-order valence-corrected chi connectivity index (χ2v) is 4.10. The van der Waals surface area contributed by atoms with Crippen LogP contribution in [0.15, 0.2) is 23.0 Å². The van der Waals surface area contributed by atoms with Crippen molar-refractivity contribution >= 4 is 16.8 Å². The summed E-state index contributed by atoms with van der Waals surface area (Å²) >= 11 is 0. The molecule has 1 atom stereocenters. The zero-order valence-corrected chi connectivity index (χ0v) is 8.97. The third-order valence-electron chi connectivity index (χ3n) is 3.18. The maximum atomic E-state index is 5.77. The Hall–Kier alpha value is -1.62. The number of nitrogens with two attached hydrogens (primary N) is 1. The van der Waals surface area contributed by atoms with Gasteiger partial charge < -0.3 is 15.2 Å². The van der Waals surface area contributed by atoms with Gasteiger partial charge in [-0.1, -0.05) is 5.16 Å². The van der Waals surface area contributed by atoms with Crippen LogP contribution in [0.4, 0.5) is 5.82 Å². The molecule has 5 heteroatoms. The van der Waals surface area contributed by atoms with Crippen LogP contribution in [0.25, 0.3) is 11.0 Å². The molecule has 0 amide bonds. The number of hydrogen-bond acceptors (Lipinski definition) is 5. The van der Waals surface area contributed by atoms with E-state index in [-0.39, 0.29) is 0 Å². The van der Waals surface area contributed by atoms with Gasteiger partial charge >= 0.3 is 0 Å². The number of aromatic nitrogens is 2. The molecular formula is C11H14N4O. The van der Waals surface area contributed by atoms with Gasteiger partial charge in [0, 0.05) is 31.4 Å². The van der Waals surface area contributed by atoms with Gasteiger partial charge in [-0.15, -0.1) is 0 Å². The molecule has 0 radical (unpaired) electrons. The van der Waals surface area contributed by atoms with Crippen molar-refractivity contribution in [3.8, 4) is 0 Å². The molecule has 1 aliphatic rings. The summed E-state index contributed by atoms with van der Waals surface area (Å²) in [7, 11) is 0. The van der Waals surface area contributed by atoms with Crippen LogP contribution in [-0.2, 0) is 0 Å². The zero-order valence-electron chi connectivity index (χ0n) is 8.97. The molecule has 5 nitrogen and oxygen atoms in total. The highest BCUT2D eigenvalue weighted by atomic mass is 16.5. The van der Waals surface area contributed by atoms with E-state index in [1.165, 1.54) is 6.42 Å². The number of rotatable bonds is 2. The molecule has 0 spiro atoms. The Bertz CT molecular complexity index is 495. The molecule has 1 saturated heterocycles. The van der Waals surface area contributed by atoms with E-state index in [2.05, 4.69) is 15.0 Å². The Morgan fingerprint density at radius 2 is 2.50 bits per heavy atom. The largest absolute Gasteiger partial charge is 0.356 e. The first kappa shape index (κ1) is 9.59. The number of hydrogen-bond donors (Lipinski definition) is 1. The fourth-order valence-corrected chi connectivity index (χ4v) is 2.37. The van der Waals surface area contributed by atoms with Crippen LogP contribution in [0, 0.1) is 0 Å². The maximum Gasteiger partial charge on any atom is 0.172 e. The van der Waals surface area contributed by atoms with Crippen LogP contribution in [0.3, 0.4) is 0 Å². The molecule has 0 bridgehead atoms. The quantitative estimate of drug-likeness (QED) is 0.819. The topological polar surface area (TPSA) is 68.2 Å². The van der Waals surface area contributed by atoms with Gasteiger partial charge in [0.15, 0.2) is 5.58 Å². The fourth-order valence-electron chi connectivity index (χ4n) is 2.37. The standard InChI is InChI=1S/C11H14N4O/c12-6-8-2-1-5-15(8)11-9-7-14-16-10(9)3-4-13-11/h3-4,7-8H,1-2,5-6,12H2. The second-order valence-electron chi connectivity index (χ2n) is 4.10. The minimum absolute atomic E-state index is 0.396. The van der Waals surface area contributed by atoms with Crippen molar-refractivity contribution in [2.75, 3.05) is 18.0 Å². The molecule has 1 fully saturated rings. The molecule has 0 aromatic carbocycles. The van der Waals surface area contributed by atoms with Gasteiger partial charge in [-0.05, 0) is 12.8 Å². The molecule has 1 unspecified atom stereocenters. The Kier molecular flexibility index (Phi) is 2.25. The van der Waals surface area contributed by atoms with E-state index in [0.29, 0.717) is 12.6 Å². The Balaban J connectivity index is 2.07. The molecule has 84 valence electrons. The van der Waals surface area contributed by atoms with Crippen molar-refractivity contribution in [2.24, 2.45) is 5.73 Å². The monoisotopic (exact) mass is 218 g/mol. The van der Waals surface area contributed by atoms with E-state index >= 15 is 0 Å². The van der Waals surface area contributed by atoms with E-state index < -0.39 is 0 Å². The SMILES string of the molecule is NCC1CCCN1c1nccc2oncc12. The van der Waals surface area contributed by atoms with Crippen LogP contribution in [0.2, 0.25) is 0 Å². The summed E-state index contributed by atoms with van der Waals surface area (Å²) in [6.45, 7) is 1.68. The van der Waals surface area contributed by atoms with Crippen LogP contribution < -0.4 is 10.6 Å². The van der Waals surface area contributed by atoms with E-state index in [1.807, 2.05) is 6.07 Å². The molecule has 2 N–H and O–H groups in total. The first-order valence-electron chi connectivity index (χ1n) is 5.56. The molecule has 16 heavy (non-hydrogen) atoms. The van der Waals surface area contributed by atoms with Gasteiger partial charge in [-0.3, -0.25) is 0 Å². The van der Waals surface area contributed by atoms with Crippen LogP contribution in [0.5, 0.6) is 0 Å². The lowest BCUT2D eigenvalue weighted by atomic mass is 10.2.